The van der Waals surface area contributed by atoms with Gasteiger partial charge in [0.2, 0.25) is 0 Å². The van der Waals surface area contributed by atoms with Crippen molar-refractivity contribution in [2.45, 2.75) is 25.7 Å². The van der Waals surface area contributed by atoms with Gasteiger partial charge >= 0.3 is 0 Å². The minimum absolute atomic E-state index is 0.151. The van der Waals surface area contributed by atoms with Gasteiger partial charge in [0.25, 0.3) is 5.91 Å². The second kappa shape index (κ2) is 8.95. The highest BCUT2D eigenvalue weighted by Crippen LogP contribution is 2.24. The van der Waals surface area contributed by atoms with Gasteiger partial charge in [-0.25, -0.2) is 5.43 Å². The largest absolute Gasteiger partial charge is 0.272 e. The number of nitrogens with one attached hydrogen (secondary N) is 1. The van der Waals surface area contributed by atoms with Crippen LogP contribution in [0.15, 0.2) is 90.0 Å². The molecule has 0 aliphatic rings. The van der Waals surface area contributed by atoms with E-state index in [1.807, 2.05) is 72.8 Å². The fourth-order valence-electron chi connectivity index (χ4n) is 2.99. The number of carbonyl (C=O) groups excluding carboxylic acids is 1. The lowest BCUT2D eigenvalue weighted by Crippen LogP contribution is -2.26. The molecule has 1 amide bonds. The highest BCUT2D eigenvalue weighted by Gasteiger charge is 2.22. The van der Waals surface area contributed by atoms with Crippen LogP contribution in [0.4, 0.5) is 0 Å². The summed E-state index contributed by atoms with van der Waals surface area (Å²) in [4.78, 5) is 12.9. The van der Waals surface area contributed by atoms with Gasteiger partial charge in [0, 0.05) is 0 Å². The molecule has 0 atom stereocenters. The minimum atomic E-state index is -0.395. The second-order valence-corrected chi connectivity index (χ2v) is 6.81. The van der Waals surface area contributed by atoms with Crippen LogP contribution >= 0.6 is 0 Å². The van der Waals surface area contributed by atoms with Crippen molar-refractivity contribution in [2.24, 2.45) is 5.10 Å². The van der Waals surface area contributed by atoms with E-state index in [0.29, 0.717) is 5.92 Å². The van der Waals surface area contributed by atoms with Gasteiger partial charge in [-0.3, -0.25) is 4.79 Å². The molecule has 27 heavy (non-hydrogen) atoms. The third-order valence-electron chi connectivity index (χ3n) is 4.52. The first-order valence-electron chi connectivity index (χ1n) is 9.18. The quantitative estimate of drug-likeness (QED) is 0.485. The number of carbonyl (C=O) groups is 1. The number of hydrogen-bond acceptors (Lipinski definition) is 2. The van der Waals surface area contributed by atoms with Gasteiger partial charge in [0.05, 0.1) is 12.1 Å². The number of benzene rings is 3. The van der Waals surface area contributed by atoms with Crippen LogP contribution in [0.1, 0.15) is 47.9 Å². The van der Waals surface area contributed by atoms with E-state index in [1.54, 1.807) is 6.21 Å². The molecule has 3 aromatic carbocycles. The minimum Gasteiger partial charge on any atom is -0.272 e. The summed E-state index contributed by atoms with van der Waals surface area (Å²) in [6.07, 6.45) is 1.68. The molecule has 136 valence electrons. The first kappa shape index (κ1) is 18.6. The van der Waals surface area contributed by atoms with Crippen LogP contribution in [0, 0.1) is 0 Å². The molecule has 1 N–H and O–H groups in total. The topological polar surface area (TPSA) is 41.5 Å². The standard InChI is InChI=1S/C24H24N2O/c1-18(2)20-15-13-19(14-16-20)17-25-26-24(27)23(21-9-5-3-6-10-21)22-11-7-4-8-12-22/h3-18,23H,1-2H3,(H,26,27)/b25-17+. The van der Waals surface area contributed by atoms with Crippen LogP contribution in [0.2, 0.25) is 0 Å². The maximum absolute atomic E-state index is 12.9. The van der Waals surface area contributed by atoms with Crippen LogP contribution < -0.4 is 5.43 Å². The van der Waals surface area contributed by atoms with E-state index in [4.69, 9.17) is 0 Å². The SMILES string of the molecule is CC(C)c1ccc(/C=N/NC(=O)C(c2ccccc2)c2ccccc2)cc1. The summed E-state index contributed by atoms with van der Waals surface area (Å²) in [5.41, 5.74) is 6.82. The molecule has 0 aromatic heterocycles. The fourth-order valence-corrected chi connectivity index (χ4v) is 2.99. The molecule has 0 saturated carbocycles. The number of rotatable bonds is 6. The lowest BCUT2D eigenvalue weighted by atomic mass is 9.91. The van der Waals surface area contributed by atoms with Crippen molar-refractivity contribution in [3.63, 3.8) is 0 Å². The first-order chi connectivity index (χ1) is 13.1. The molecule has 3 heteroatoms. The van der Waals surface area contributed by atoms with Gasteiger partial charge in [0.1, 0.15) is 0 Å². The third-order valence-corrected chi connectivity index (χ3v) is 4.52. The predicted molar refractivity (Wildman–Crippen MR) is 111 cm³/mol. The molecule has 0 unspecified atom stereocenters. The lowest BCUT2D eigenvalue weighted by Gasteiger charge is -2.16. The summed E-state index contributed by atoms with van der Waals surface area (Å²) >= 11 is 0. The smallest absolute Gasteiger partial charge is 0.252 e. The number of hydrogen-bond donors (Lipinski definition) is 1. The first-order valence-corrected chi connectivity index (χ1v) is 9.18. The van der Waals surface area contributed by atoms with Gasteiger partial charge in [-0.15, -0.1) is 0 Å². The molecule has 0 bridgehead atoms. The lowest BCUT2D eigenvalue weighted by molar-refractivity contribution is -0.121. The zero-order valence-corrected chi connectivity index (χ0v) is 15.7. The van der Waals surface area contributed by atoms with E-state index in [0.717, 1.165) is 16.7 Å². The van der Waals surface area contributed by atoms with Crippen molar-refractivity contribution in [1.82, 2.24) is 5.43 Å². The summed E-state index contributed by atoms with van der Waals surface area (Å²) in [6, 6.07) is 27.7. The van der Waals surface area contributed by atoms with Crippen LogP contribution in [-0.2, 0) is 4.79 Å². The van der Waals surface area contributed by atoms with E-state index in [2.05, 4.69) is 36.5 Å². The molecule has 0 saturated heterocycles. The Hall–Kier alpha value is -3.20. The Morgan fingerprint density at radius 3 is 1.78 bits per heavy atom. The highest BCUT2D eigenvalue weighted by molar-refractivity contribution is 5.88. The van der Waals surface area contributed by atoms with Crippen LogP contribution in [0.5, 0.6) is 0 Å². The van der Waals surface area contributed by atoms with Crippen molar-refractivity contribution >= 4 is 12.1 Å². The number of amides is 1. The maximum atomic E-state index is 12.9. The Bertz CT molecular complexity index is 845. The summed E-state index contributed by atoms with van der Waals surface area (Å²) in [5, 5.41) is 4.16. The van der Waals surface area contributed by atoms with Gasteiger partial charge in [-0.05, 0) is 28.2 Å². The summed E-state index contributed by atoms with van der Waals surface area (Å²) in [5.74, 6) is -0.0523. The molecule has 0 heterocycles. The van der Waals surface area contributed by atoms with Gasteiger partial charge in [-0.2, -0.15) is 5.10 Å². The van der Waals surface area contributed by atoms with E-state index in [1.165, 1.54) is 5.56 Å². The summed E-state index contributed by atoms with van der Waals surface area (Å²) in [7, 11) is 0. The molecule has 3 nitrogen and oxygen atoms in total. The van der Waals surface area contributed by atoms with Crippen LogP contribution in [0.25, 0.3) is 0 Å². The summed E-state index contributed by atoms with van der Waals surface area (Å²) in [6.45, 7) is 4.33. The van der Waals surface area contributed by atoms with Crippen molar-refractivity contribution in [3.8, 4) is 0 Å². The monoisotopic (exact) mass is 356 g/mol. The molecule has 3 aromatic rings. The van der Waals surface area contributed by atoms with Crippen molar-refractivity contribution in [2.75, 3.05) is 0 Å². The average Bonchev–Trinajstić information content (AvgIpc) is 2.70. The van der Waals surface area contributed by atoms with Crippen molar-refractivity contribution in [1.29, 1.82) is 0 Å². The van der Waals surface area contributed by atoms with Gasteiger partial charge in [0.15, 0.2) is 0 Å². The predicted octanol–water partition coefficient (Wildman–Crippen LogP) is 5.09. The average molecular weight is 356 g/mol. The van der Waals surface area contributed by atoms with Gasteiger partial charge in [-0.1, -0.05) is 98.8 Å². The van der Waals surface area contributed by atoms with Crippen LogP contribution in [0.3, 0.4) is 0 Å². The number of nitrogens with zero attached hydrogens (tertiary/aromatic N) is 1. The van der Waals surface area contributed by atoms with Crippen LogP contribution in [-0.4, -0.2) is 12.1 Å². The maximum Gasteiger partial charge on any atom is 0.252 e. The molecule has 0 spiro atoms. The molecule has 0 aliphatic carbocycles. The van der Waals surface area contributed by atoms with Gasteiger partial charge < -0.3 is 0 Å². The van der Waals surface area contributed by atoms with E-state index < -0.39 is 5.92 Å². The Labute approximate surface area is 160 Å². The molecular weight excluding hydrogens is 332 g/mol. The Balaban J connectivity index is 1.75. The molecule has 3 rings (SSSR count). The highest BCUT2D eigenvalue weighted by atomic mass is 16.2. The molecule has 0 fully saturated rings. The number of hydrazone groups is 1. The Kier molecular flexibility index (Phi) is 6.16. The molecule has 0 radical (unpaired) electrons. The zero-order valence-electron chi connectivity index (χ0n) is 15.7. The third kappa shape index (κ3) is 4.91. The van der Waals surface area contributed by atoms with E-state index in [9.17, 15) is 4.79 Å². The normalized spacial score (nSPS) is 11.3. The Morgan fingerprint density at radius 1 is 0.778 bits per heavy atom. The molecular formula is C24H24N2O. The Morgan fingerprint density at radius 2 is 1.30 bits per heavy atom. The van der Waals surface area contributed by atoms with E-state index in [-0.39, 0.29) is 5.91 Å². The second-order valence-electron chi connectivity index (χ2n) is 6.81. The summed E-state index contributed by atoms with van der Waals surface area (Å²) < 4.78 is 0. The van der Waals surface area contributed by atoms with E-state index >= 15 is 0 Å². The van der Waals surface area contributed by atoms with Crippen molar-refractivity contribution in [3.05, 3.63) is 107 Å². The zero-order chi connectivity index (χ0) is 19.1. The molecule has 0 aliphatic heterocycles. The fraction of sp³-hybridized carbons (Fsp3) is 0.167. The van der Waals surface area contributed by atoms with Crippen molar-refractivity contribution < 1.29 is 4.79 Å².